The van der Waals surface area contributed by atoms with Crippen molar-refractivity contribution in [2.45, 2.75) is 19.4 Å². The van der Waals surface area contributed by atoms with Crippen molar-refractivity contribution in [1.82, 2.24) is 10.2 Å². The van der Waals surface area contributed by atoms with Gasteiger partial charge in [0.2, 0.25) is 17.8 Å². The lowest BCUT2D eigenvalue weighted by Crippen LogP contribution is -2.56. The predicted molar refractivity (Wildman–Crippen MR) is 120 cm³/mol. The van der Waals surface area contributed by atoms with Gasteiger partial charge >= 0.3 is 0 Å². The molecule has 1 unspecified atom stereocenters. The number of ether oxygens (including phenoxy) is 1. The Hall–Kier alpha value is -3.55. The van der Waals surface area contributed by atoms with Gasteiger partial charge in [0.05, 0.1) is 13.0 Å². The van der Waals surface area contributed by atoms with Gasteiger partial charge in [0.25, 0.3) is 0 Å². The molecule has 2 aromatic carbocycles. The molecule has 1 fully saturated rings. The highest BCUT2D eigenvalue weighted by Crippen LogP contribution is 2.19. The summed E-state index contributed by atoms with van der Waals surface area (Å²) in [6.45, 7) is 5.59. The average molecular weight is 422 g/mol. The summed E-state index contributed by atoms with van der Waals surface area (Å²) in [5.74, 6) is 0.741. The Bertz CT molecular complexity index is 937. The van der Waals surface area contributed by atoms with Gasteiger partial charge in [0, 0.05) is 37.6 Å². The maximum atomic E-state index is 12.7. The highest BCUT2D eigenvalue weighted by atomic mass is 16.5. The topological polar surface area (TPSA) is 86.3 Å². The van der Waals surface area contributed by atoms with Crippen molar-refractivity contribution in [3.05, 3.63) is 54.6 Å². The molecule has 162 valence electrons. The number of anilines is 2. The van der Waals surface area contributed by atoms with Crippen molar-refractivity contribution < 1.29 is 14.3 Å². The summed E-state index contributed by atoms with van der Waals surface area (Å²) >= 11 is 0. The van der Waals surface area contributed by atoms with Crippen LogP contribution >= 0.6 is 0 Å². The first-order valence-corrected chi connectivity index (χ1v) is 10.6. The van der Waals surface area contributed by atoms with Crippen LogP contribution in [-0.4, -0.2) is 61.5 Å². The van der Waals surface area contributed by atoms with Crippen LogP contribution in [0.2, 0.25) is 0 Å². The number of benzene rings is 2. The number of hydrogen-bond acceptors (Lipinski definition) is 6. The summed E-state index contributed by atoms with van der Waals surface area (Å²) in [6.07, 6.45) is 0.0380. The molecule has 0 radical (unpaired) electrons. The van der Waals surface area contributed by atoms with Crippen LogP contribution in [0.3, 0.4) is 0 Å². The molecule has 2 aliphatic heterocycles. The van der Waals surface area contributed by atoms with Crippen LogP contribution < -0.4 is 20.3 Å². The maximum Gasteiger partial charge on any atom is 0.249 e. The third-order valence-corrected chi connectivity index (χ3v) is 5.34. The summed E-state index contributed by atoms with van der Waals surface area (Å²) in [4.78, 5) is 33.9. The molecular weight excluding hydrogens is 394 g/mol. The third-order valence-electron chi connectivity index (χ3n) is 5.34. The molecule has 2 N–H and O–H groups in total. The number of piperazine rings is 1. The van der Waals surface area contributed by atoms with Crippen molar-refractivity contribution in [2.75, 3.05) is 43.0 Å². The number of guanidine groups is 1. The van der Waals surface area contributed by atoms with Gasteiger partial charge in [-0.25, -0.2) is 4.99 Å². The Labute approximate surface area is 181 Å². The number of carbonyl (C=O) groups is 2. The Morgan fingerprint density at radius 3 is 2.42 bits per heavy atom. The SMILES string of the molecule is CCOc1ccc(NC(=O)C2CC(=O)NC(N3CCN(c4ccccc4)CC3)=N2)cc1. The molecule has 0 aromatic heterocycles. The smallest absolute Gasteiger partial charge is 0.249 e. The van der Waals surface area contributed by atoms with Gasteiger partial charge in [0.15, 0.2) is 0 Å². The Morgan fingerprint density at radius 1 is 1.06 bits per heavy atom. The number of rotatable bonds is 5. The molecule has 2 aromatic rings. The molecule has 1 saturated heterocycles. The molecule has 0 saturated carbocycles. The lowest BCUT2D eigenvalue weighted by Gasteiger charge is -2.38. The Morgan fingerprint density at radius 2 is 1.74 bits per heavy atom. The molecule has 2 amide bonds. The van der Waals surface area contributed by atoms with E-state index in [0.717, 1.165) is 31.9 Å². The van der Waals surface area contributed by atoms with Gasteiger partial charge in [-0.05, 0) is 43.3 Å². The van der Waals surface area contributed by atoms with E-state index < -0.39 is 6.04 Å². The summed E-state index contributed by atoms with van der Waals surface area (Å²) < 4.78 is 5.42. The number of hydrogen-bond donors (Lipinski definition) is 2. The van der Waals surface area contributed by atoms with Crippen molar-refractivity contribution in [3.63, 3.8) is 0 Å². The summed E-state index contributed by atoms with van der Waals surface area (Å²) in [5.41, 5.74) is 1.83. The molecule has 8 heteroatoms. The van der Waals surface area contributed by atoms with E-state index in [4.69, 9.17) is 4.74 Å². The number of nitrogens with zero attached hydrogens (tertiary/aromatic N) is 3. The summed E-state index contributed by atoms with van der Waals surface area (Å²) in [5, 5.41) is 5.68. The van der Waals surface area contributed by atoms with Gasteiger partial charge in [-0.3, -0.25) is 14.9 Å². The minimum absolute atomic E-state index is 0.0380. The molecule has 8 nitrogen and oxygen atoms in total. The van der Waals surface area contributed by atoms with E-state index in [-0.39, 0.29) is 18.2 Å². The zero-order valence-electron chi connectivity index (χ0n) is 17.6. The summed E-state index contributed by atoms with van der Waals surface area (Å²) in [7, 11) is 0. The summed E-state index contributed by atoms with van der Waals surface area (Å²) in [6, 6.07) is 16.7. The second-order valence-corrected chi connectivity index (χ2v) is 7.48. The minimum Gasteiger partial charge on any atom is -0.494 e. The monoisotopic (exact) mass is 421 g/mol. The van der Waals surface area contributed by atoms with Crippen molar-refractivity contribution in [3.8, 4) is 5.75 Å². The lowest BCUT2D eigenvalue weighted by atomic mass is 10.1. The fourth-order valence-corrected chi connectivity index (χ4v) is 3.73. The van der Waals surface area contributed by atoms with Gasteiger partial charge < -0.3 is 19.9 Å². The molecule has 31 heavy (non-hydrogen) atoms. The van der Waals surface area contributed by atoms with E-state index in [9.17, 15) is 9.59 Å². The first-order chi connectivity index (χ1) is 15.1. The fraction of sp³-hybridized carbons (Fsp3) is 0.348. The number of carbonyl (C=O) groups excluding carboxylic acids is 2. The Kier molecular flexibility index (Phi) is 6.35. The largest absolute Gasteiger partial charge is 0.494 e. The number of aliphatic imine (C=N–C) groups is 1. The molecule has 1 atom stereocenters. The maximum absolute atomic E-state index is 12.7. The number of nitrogens with one attached hydrogen (secondary N) is 2. The molecule has 0 bridgehead atoms. The molecule has 2 aliphatic rings. The van der Waals surface area contributed by atoms with Crippen LogP contribution in [0, 0.1) is 0 Å². The van der Waals surface area contributed by atoms with Gasteiger partial charge in [-0.2, -0.15) is 0 Å². The quantitative estimate of drug-likeness (QED) is 0.772. The predicted octanol–water partition coefficient (Wildman–Crippen LogP) is 2.09. The average Bonchev–Trinajstić information content (AvgIpc) is 2.81. The lowest BCUT2D eigenvalue weighted by molar-refractivity contribution is -0.125. The second-order valence-electron chi connectivity index (χ2n) is 7.48. The van der Waals surface area contributed by atoms with E-state index >= 15 is 0 Å². The normalized spacial score (nSPS) is 18.8. The van der Waals surface area contributed by atoms with Crippen molar-refractivity contribution in [2.24, 2.45) is 4.99 Å². The van der Waals surface area contributed by atoms with Crippen LogP contribution in [0.4, 0.5) is 11.4 Å². The van der Waals surface area contributed by atoms with Gasteiger partial charge in [0.1, 0.15) is 11.8 Å². The van der Waals surface area contributed by atoms with Gasteiger partial charge in [-0.15, -0.1) is 0 Å². The van der Waals surface area contributed by atoms with Crippen LogP contribution in [0.5, 0.6) is 5.75 Å². The highest BCUT2D eigenvalue weighted by Gasteiger charge is 2.30. The van der Waals surface area contributed by atoms with Crippen molar-refractivity contribution in [1.29, 1.82) is 0 Å². The minimum atomic E-state index is -0.748. The van der Waals surface area contributed by atoms with E-state index in [2.05, 4.69) is 32.7 Å². The molecule has 0 spiro atoms. The number of para-hydroxylation sites is 1. The first kappa shape index (κ1) is 20.7. The third kappa shape index (κ3) is 5.14. The van der Waals surface area contributed by atoms with Crippen molar-refractivity contribution >= 4 is 29.1 Å². The zero-order chi connectivity index (χ0) is 21.6. The fourth-order valence-electron chi connectivity index (χ4n) is 3.73. The molecule has 2 heterocycles. The van der Waals surface area contributed by atoms with E-state index in [0.29, 0.717) is 18.3 Å². The second kappa shape index (κ2) is 9.51. The first-order valence-electron chi connectivity index (χ1n) is 10.6. The van der Waals surface area contributed by atoms with E-state index in [1.165, 1.54) is 5.69 Å². The Balaban J connectivity index is 1.38. The highest BCUT2D eigenvalue weighted by molar-refractivity contribution is 6.06. The van der Waals surface area contributed by atoms with E-state index in [1.807, 2.05) is 30.0 Å². The number of amides is 2. The van der Waals surface area contributed by atoms with Crippen LogP contribution in [-0.2, 0) is 9.59 Å². The van der Waals surface area contributed by atoms with Crippen LogP contribution in [0.25, 0.3) is 0 Å². The van der Waals surface area contributed by atoms with Crippen LogP contribution in [0.15, 0.2) is 59.6 Å². The van der Waals surface area contributed by atoms with E-state index in [1.54, 1.807) is 24.3 Å². The standard InChI is InChI=1S/C23H27N5O3/c1-2-31-19-10-8-17(9-11-19)24-22(30)20-16-21(29)26-23(25-20)28-14-12-27(13-15-28)18-6-4-3-5-7-18/h3-11,20H,2,12-16H2,1H3,(H,24,30)(H,25,26,29). The van der Waals surface area contributed by atoms with Gasteiger partial charge in [-0.1, -0.05) is 18.2 Å². The zero-order valence-corrected chi connectivity index (χ0v) is 17.6. The van der Waals surface area contributed by atoms with Crippen LogP contribution in [0.1, 0.15) is 13.3 Å². The molecule has 0 aliphatic carbocycles. The molecular formula is C23H27N5O3. The molecule has 4 rings (SSSR count).